The van der Waals surface area contributed by atoms with Crippen LogP contribution in [0.2, 0.25) is 0 Å². The molecule has 0 heterocycles. The lowest BCUT2D eigenvalue weighted by Crippen LogP contribution is -2.32. The van der Waals surface area contributed by atoms with Gasteiger partial charge in [0.15, 0.2) is 0 Å². The van der Waals surface area contributed by atoms with Crippen LogP contribution in [0, 0.1) is 20.2 Å². The Morgan fingerprint density at radius 1 is 0.892 bits per heavy atom. The summed E-state index contributed by atoms with van der Waals surface area (Å²) in [5.74, 6) is -1.19. The van der Waals surface area contributed by atoms with E-state index in [2.05, 4.69) is 15.8 Å². The molecule has 0 fully saturated rings. The Bertz CT molecular complexity index is 1350. The van der Waals surface area contributed by atoms with Crippen molar-refractivity contribution in [3.8, 4) is 17.2 Å². The number of nitro groups is 2. The molecule has 0 aromatic heterocycles. The number of amides is 2. The molecule has 13 nitrogen and oxygen atoms in total. The summed E-state index contributed by atoms with van der Waals surface area (Å²) in [6, 6.07) is 15.7. The quantitative estimate of drug-likeness (QED) is 0.188. The second-order valence-electron chi connectivity index (χ2n) is 7.34. The molecule has 0 aliphatic heterocycles. The number of carbonyl (C=O) groups excluding carboxylic acids is 2. The molecule has 3 aromatic carbocycles. The van der Waals surface area contributed by atoms with Gasteiger partial charge in [0.1, 0.15) is 11.5 Å². The maximum Gasteiger partial charge on any atom is 0.329 e. The number of anilines is 1. The van der Waals surface area contributed by atoms with Crippen molar-refractivity contribution in [2.75, 3.05) is 11.9 Å². The molecule has 3 rings (SSSR count). The van der Waals surface area contributed by atoms with Crippen LogP contribution in [0.5, 0.6) is 17.2 Å². The molecule has 37 heavy (non-hydrogen) atoms. The number of rotatable bonds is 9. The van der Waals surface area contributed by atoms with Crippen LogP contribution in [0.15, 0.2) is 71.8 Å². The molecular weight excluding hydrogens is 486 g/mol. The highest BCUT2D eigenvalue weighted by atomic mass is 16.6. The number of carbonyl (C=O) groups is 2. The maximum absolute atomic E-state index is 12.1. The largest absolute Gasteiger partial charge is 0.494 e. The third-order valence-electron chi connectivity index (χ3n) is 4.80. The number of non-ortho nitro benzene ring substituents is 1. The first-order chi connectivity index (χ1) is 17.7. The fraction of sp³-hybridized carbons (Fsp3) is 0.125. The number of hydrogen-bond acceptors (Lipinski definition) is 9. The Kier molecular flexibility index (Phi) is 8.44. The van der Waals surface area contributed by atoms with Gasteiger partial charge in [0, 0.05) is 11.8 Å². The van der Waals surface area contributed by atoms with Crippen LogP contribution >= 0.6 is 0 Å². The Morgan fingerprint density at radius 3 is 2.14 bits per heavy atom. The van der Waals surface area contributed by atoms with E-state index in [9.17, 15) is 29.8 Å². The van der Waals surface area contributed by atoms with Crippen LogP contribution in [0.3, 0.4) is 0 Å². The molecule has 0 spiro atoms. The van der Waals surface area contributed by atoms with Gasteiger partial charge < -0.3 is 14.8 Å². The summed E-state index contributed by atoms with van der Waals surface area (Å²) in [5.41, 5.74) is 2.53. The summed E-state index contributed by atoms with van der Waals surface area (Å²) < 4.78 is 10.8. The van der Waals surface area contributed by atoms with Crippen LogP contribution in [0.25, 0.3) is 0 Å². The Hall–Kier alpha value is -5.33. The summed E-state index contributed by atoms with van der Waals surface area (Å²) in [6.07, 6.45) is 0. The van der Waals surface area contributed by atoms with E-state index < -0.39 is 33.0 Å². The van der Waals surface area contributed by atoms with Crippen LogP contribution in [0.4, 0.5) is 17.1 Å². The third kappa shape index (κ3) is 7.08. The molecule has 0 aliphatic rings. The lowest BCUT2D eigenvalue weighted by molar-refractivity contribution is -0.394. The first-order valence-corrected chi connectivity index (χ1v) is 10.8. The smallest absolute Gasteiger partial charge is 0.329 e. The zero-order valence-electron chi connectivity index (χ0n) is 19.7. The van der Waals surface area contributed by atoms with Crippen LogP contribution < -0.4 is 20.2 Å². The van der Waals surface area contributed by atoms with Crippen molar-refractivity contribution < 1.29 is 28.9 Å². The summed E-state index contributed by atoms with van der Waals surface area (Å²) in [5, 5.41) is 28.5. The summed E-state index contributed by atoms with van der Waals surface area (Å²) >= 11 is 0. The average molecular weight is 507 g/mol. The second-order valence-corrected chi connectivity index (χ2v) is 7.34. The Balaban J connectivity index is 1.61. The topological polar surface area (TPSA) is 175 Å². The van der Waals surface area contributed by atoms with Crippen molar-refractivity contribution in [3.63, 3.8) is 0 Å². The fourth-order valence-corrected chi connectivity index (χ4v) is 2.98. The summed E-state index contributed by atoms with van der Waals surface area (Å²) in [6.45, 7) is 3.95. The first-order valence-electron chi connectivity index (χ1n) is 10.8. The van der Waals surface area contributed by atoms with Gasteiger partial charge in [-0.15, -0.1) is 0 Å². The van der Waals surface area contributed by atoms with Crippen LogP contribution in [0.1, 0.15) is 19.4 Å². The molecule has 13 heteroatoms. The zero-order chi connectivity index (χ0) is 26.9. The van der Waals surface area contributed by atoms with Crippen molar-refractivity contribution in [2.45, 2.75) is 13.8 Å². The summed E-state index contributed by atoms with van der Waals surface area (Å²) in [7, 11) is 0. The highest BCUT2D eigenvalue weighted by Gasteiger charge is 2.21. The minimum absolute atomic E-state index is 0.167. The number of hydrazone groups is 1. The molecule has 0 aliphatic carbocycles. The molecule has 0 atom stereocenters. The number of ether oxygens (including phenoxy) is 2. The fourth-order valence-electron chi connectivity index (χ4n) is 2.98. The zero-order valence-corrected chi connectivity index (χ0v) is 19.7. The Labute approximate surface area is 210 Å². The molecule has 0 saturated carbocycles. The van der Waals surface area contributed by atoms with E-state index in [4.69, 9.17) is 9.47 Å². The molecule has 2 amide bonds. The third-order valence-corrected chi connectivity index (χ3v) is 4.80. The highest BCUT2D eigenvalue weighted by molar-refractivity contribution is 6.39. The number of nitro benzene ring substituents is 2. The number of hydrogen-bond donors (Lipinski definition) is 2. The minimum Gasteiger partial charge on any atom is -0.494 e. The molecule has 0 unspecified atom stereocenters. The normalized spacial score (nSPS) is 10.8. The lowest BCUT2D eigenvalue weighted by Gasteiger charge is -2.08. The van der Waals surface area contributed by atoms with Gasteiger partial charge in [0.25, 0.3) is 5.69 Å². The van der Waals surface area contributed by atoms with Gasteiger partial charge in [-0.05, 0) is 74.0 Å². The molecular formula is C24H21N5O8. The number of nitrogens with zero attached hydrogens (tertiary/aromatic N) is 3. The van der Waals surface area contributed by atoms with Crippen molar-refractivity contribution in [3.05, 3.63) is 92.5 Å². The van der Waals surface area contributed by atoms with E-state index in [-0.39, 0.29) is 11.5 Å². The van der Waals surface area contributed by atoms with E-state index >= 15 is 0 Å². The van der Waals surface area contributed by atoms with E-state index in [1.807, 2.05) is 6.92 Å². The molecule has 0 bridgehead atoms. The van der Waals surface area contributed by atoms with E-state index in [1.165, 1.54) is 12.1 Å². The average Bonchev–Trinajstić information content (AvgIpc) is 2.88. The number of nitrogens with one attached hydrogen (secondary N) is 2. The van der Waals surface area contributed by atoms with Gasteiger partial charge in [0.2, 0.25) is 5.75 Å². The van der Waals surface area contributed by atoms with Gasteiger partial charge in [-0.1, -0.05) is 0 Å². The van der Waals surface area contributed by atoms with Gasteiger partial charge in [-0.25, -0.2) is 5.43 Å². The number of benzene rings is 3. The van der Waals surface area contributed by atoms with E-state index in [0.29, 0.717) is 29.3 Å². The molecule has 0 saturated heterocycles. The van der Waals surface area contributed by atoms with Crippen molar-refractivity contribution in [1.29, 1.82) is 0 Å². The van der Waals surface area contributed by atoms with Gasteiger partial charge in [-0.3, -0.25) is 29.8 Å². The predicted molar refractivity (Wildman–Crippen MR) is 133 cm³/mol. The van der Waals surface area contributed by atoms with E-state index in [0.717, 1.165) is 18.2 Å². The summed E-state index contributed by atoms with van der Waals surface area (Å²) in [4.78, 5) is 44.8. The molecule has 190 valence electrons. The van der Waals surface area contributed by atoms with Gasteiger partial charge in [-0.2, -0.15) is 5.10 Å². The predicted octanol–water partition coefficient (Wildman–Crippen LogP) is 4.17. The molecule has 3 aromatic rings. The minimum atomic E-state index is -0.973. The SMILES string of the molecule is CCOc1ccc(NC(=O)C(=O)NN=C(C)c2ccc(Oc3ccc([N+](=O)[O-])cc3[N+](=O)[O-])cc2)cc1. The van der Waals surface area contributed by atoms with Gasteiger partial charge in [0.05, 0.1) is 28.2 Å². The molecule has 2 N–H and O–H groups in total. The highest BCUT2D eigenvalue weighted by Crippen LogP contribution is 2.34. The van der Waals surface area contributed by atoms with E-state index in [1.54, 1.807) is 43.3 Å². The monoisotopic (exact) mass is 507 g/mol. The van der Waals surface area contributed by atoms with Crippen LogP contribution in [-0.2, 0) is 9.59 Å². The molecule has 0 radical (unpaired) electrons. The van der Waals surface area contributed by atoms with Crippen LogP contribution in [-0.4, -0.2) is 34.0 Å². The van der Waals surface area contributed by atoms with Crippen molar-refractivity contribution in [2.24, 2.45) is 5.10 Å². The lowest BCUT2D eigenvalue weighted by atomic mass is 10.1. The first kappa shape index (κ1) is 26.3. The standard InChI is InChI=1S/C24H21N5O8/c1-3-36-19-11-6-17(7-12-19)25-23(30)24(31)27-26-15(2)16-4-9-20(10-5-16)37-22-13-8-18(28(32)33)14-21(22)29(34)35/h4-14H,3H2,1-2H3,(H,25,30)(H,27,31). The van der Waals surface area contributed by atoms with Crippen molar-refractivity contribution in [1.82, 2.24) is 5.43 Å². The van der Waals surface area contributed by atoms with Gasteiger partial charge >= 0.3 is 17.5 Å². The Morgan fingerprint density at radius 2 is 1.54 bits per heavy atom. The van der Waals surface area contributed by atoms with Crippen molar-refractivity contribution >= 4 is 34.6 Å². The maximum atomic E-state index is 12.1. The second kappa shape index (κ2) is 11.9.